The molecular weight excluding hydrogens is 298 g/mol. The van der Waals surface area contributed by atoms with Gasteiger partial charge in [0.1, 0.15) is 5.69 Å². The second kappa shape index (κ2) is 6.49. The average Bonchev–Trinajstić information content (AvgIpc) is 2.53. The number of carbonyl (C=O) groups is 2. The largest absolute Gasteiger partial charge is 0.480 e. The fourth-order valence-electron chi connectivity index (χ4n) is 3.02. The number of nitrogens with one attached hydrogen (secondary N) is 1. The number of methoxy groups -OCH3 is 1. The van der Waals surface area contributed by atoms with Crippen molar-refractivity contribution in [2.75, 3.05) is 33.8 Å². The molecule has 2 amide bonds. The van der Waals surface area contributed by atoms with Crippen molar-refractivity contribution in [3.63, 3.8) is 0 Å². The van der Waals surface area contributed by atoms with Gasteiger partial charge in [-0.15, -0.1) is 0 Å². The second-order valence-corrected chi connectivity index (χ2v) is 5.99. The Morgan fingerprint density at radius 2 is 2.17 bits per heavy atom. The van der Waals surface area contributed by atoms with Gasteiger partial charge in [0.25, 0.3) is 5.91 Å². The maximum Gasteiger partial charge on any atom is 0.271 e. The van der Waals surface area contributed by atoms with E-state index in [1.807, 2.05) is 7.05 Å². The van der Waals surface area contributed by atoms with Gasteiger partial charge in [0.05, 0.1) is 31.6 Å². The topological polar surface area (TPSA) is 87.7 Å². The van der Waals surface area contributed by atoms with E-state index in [1.54, 1.807) is 4.90 Å². The summed E-state index contributed by atoms with van der Waals surface area (Å²) >= 11 is 0. The number of ether oxygens (including phenoxy) is 1. The molecule has 1 aromatic rings. The van der Waals surface area contributed by atoms with E-state index in [-0.39, 0.29) is 29.6 Å². The lowest BCUT2D eigenvalue weighted by atomic mass is 9.98. The van der Waals surface area contributed by atoms with Gasteiger partial charge in [0.2, 0.25) is 11.8 Å². The van der Waals surface area contributed by atoms with Crippen LogP contribution in [0.2, 0.25) is 0 Å². The highest BCUT2D eigenvalue weighted by Crippen LogP contribution is 2.21. The van der Waals surface area contributed by atoms with Gasteiger partial charge in [-0.25, -0.2) is 4.98 Å². The first-order valence-corrected chi connectivity index (χ1v) is 7.74. The summed E-state index contributed by atoms with van der Waals surface area (Å²) in [7, 11) is 3.32. The maximum absolute atomic E-state index is 12.2. The van der Waals surface area contributed by atoms with E-state index in [0.717, 1.165) is 19.4 Å². The first-order valence-electron chi connectivity index (χ1n) is 7.74. The Balaban J connectivity index is 1.52. The zero-order valence-electron chi connectivity index (χ0n) is 13.4. The highest BCUT2D eigenvalue weighted by molar-refractivity contribution is 5.92. The van der Waals surface area contributed by atoms with Gasteiger partial charge in [0.15, 0.2) is 0 Å². The van der Waals surface area contributed by atoms with Crippen molar-refractivity contribution in [3.8, 4) is 5.88 Å². The monoisotopic (exact) mass is 319 g/mol. The first kappa shape index (κ1) is 15.7. The van der Waals surface area contributed by atoms with Crippen molar-refractivity contribution in [2.45, 2.75) is 24.9 Å². The zero-order valence-corrected chi connectivity index (χ0v) is 13.4. The van der Waals surface area contributed by atoms with E-state index in [2.05, 4.69) is 20.2 Å². The highest BCUT2D eigenvalue weighted by Gasteiger charge is 2.39. The van der Waals surface area contributed by atoms with E-state index < -0.39 is 0 Å². The summed E-state index contributed by atoms with van der Waals surface area (Å²) < 4.78 is 4.96. The van der Waals surface area contributed by atoms with Gasteiger partial charge < -0.3 is 15.0 Å². The van der Waals surface area contributed by atoms with Crippen LogP contribution in [0.15, 0.2) is 12.4 Å². The third kappa shape index (κ3) is 3.26. The zero-order chi connectivity index (χ0) is 16.4. The summed E-state index contributed by atoms with van der Waals surface area (Å²) in [4.78, 5) is 36.2. The highest BCUT2D eigenvalue weighted by atomic mass is 16.5. The predicted octanol–water partition coefficient (Wildman–Crippen LogP) is -0.480. The second-order valence-electron chi connectivity index (χ2n) is 5.99. The molecule has 1 unspecified atom stereocenters. The molecule has 0 aromatic carbocycles. The number of piperidine rings is 1. The average molecular weight is 319 g/mol. The van der Waals surface area contributed by atoms with Crippen LogP contribution in [0.5, 0.6) is 5.88 Å². The Hall–Kier alpha value is -2.22. The van der Waals surface area contributed by atoms with E-state index in [4.69, 9.17) is 4.74 Å². The van der Waals surface area contributed by atoms with Crippen LogP contribution in [0.1, 0.15) is 23.3 Å². The summed E-state index contributed by atoms with van der Waals surface area (Å²) in [6.07, 6.45) is 4.78. The summed E-state index contributed by atoms with van der Waals surface area (Å²) in [5.74, 6) is 0.219. The number of hydrogen-bond donors (Lipinski definition) is 1. The molecule has 3 rings (SSSR count). The Bertz CT molecular complexity index is 603. The Kier molecular flexibility index (Phi) is 4.42. The molecule has 0 aliphatic carbocycles. The maximum atomic E-state index is 12.2. The molecule has 1 aromatic heterocycles. The summed E-state index contributed by atoms with van der Waals surface area (Å²) in [6.45, 7) is 2.21. The SMILES string of the molecule is COc1cncc(C(=O)NC2CN(C3CCCN(C)C3=O)C2)n1. The molecule has 23 heavy (non-hydrogen) atoms. The molecule has 8 heteroatoms. The normalized spacial score (nSPS) is 22.6. The van der Waals surface area contributed by atoms with Gasteiger partial charge in [-0.1, -0.05) is 0 Å². The molecule has 124 valence electrons. The molecule has 2 aliphatic heterocycles. The van der Waals surface area contributed by atoms with Crippen LogP contribution in [-0.4, -0.2) is 77.5 Å². The number of amides is 2. The standard InChI is InChI=1S/C15H21N5O3/c1-19-5-3-4-12(15(19)22)20-8-10(9-20)17-14(21)11-6-16-7-13(18-11)23-2/h6-7,10,12H,3-5,8-9H2,1-2H3,(H,17,21). The number of carbonyl (C=O) groups excluding carboxylic acids is 2. The summed E-state index contributed by atoms with van der Waals surface area (Å²) in [5, 5.41) is 2.92. The van der Waals surface area contributed by atoms with Crippen molar-refractivity contribution >= 4 is 11.8 Å². The van der Waals surface area contributed by atoms with Crippen LogP contribution in [0.25, 0.3) is 0 Å². The van der Waals surface area contributed by atoms with Crippen molar-refractivity contribution in [1.82, 2.24) is 25.1 Å². The van der Waals surface area contributed by atoms with Gasteiger partial charge >= 0.3 is 0 Å². The number of likely N-dealkylation sites (N-methyl/N-ethyl adjacent to an activating group) is 1. The van der Waals surface area contributed by atoms with Crippen molar-refractivity contribution < 1.29 is 14.3 Å². The molecule has 2 fully saturated rings. The Morgan fingerprint density at radius 3 is 2.91 bits per heavy atom. The fourth-order valence-corrected chi connectivity index (χ4v) is 3.02. The smallest absolute Gasteiger partial charge is 0.271 e. The van der Waals surface area contributed by atoms with Gasteiger partial charge in [-0.3, -0.25) is 19.5 Å². The fraction of sp³-hybridized carbons (Fsp3) is 0.600. The first-order chi connectivity index (χ1) is 11.1. The molecule has 3 heterocycles. The molecule has 0 bridgehead atoms. The molecule has 1 N–H and O–H groups in total. The molecular formula is C15H21N5O3. The minimum atomic E-state index is -0.270. The Labute approximate surface area is 134 Å². The molecule has 2 aliphatic rings. The van der Waals surface area contributed by atoms with E-state index >= 15 is 0 Å². The molecule has 1 atom stereocenters. The molecule has 8 nitrogen and oxygen atoms in total. The van der Waals surface area contributed by atoms with Crippen LogP contribution in [0, 0.1) is 0 Å². The van der Waals surface area contributed by atoms with Crippen LogP contribution in [-0.2, 0) is 4.79 Å². The molecule has 0 spiro atoms. The lowest BCUT2D eigenvalue weighted by Gasteiger charge is -2.46. The van der Waals surface area contributed by atoms with Crippen LogP contribution in [0.4, 0.5) is 0 Å². The third-order valence-corrected chi connectivity index (χ3v) is 4.37. The van der Waals surface area contributed by atoms with Crippen LogP contribution in [0.3, 0.4) is 0 Å². The van der Waals surface area contributed by atoms with Crippen molar-refractivity contribution in [2.24, 2.45) is 0 Å². The van der Waals surface area contributed by atoms with Crippen molar-refractivity contribution in [3.05, 3.63) is 18.1 Å². The van der Waals surface area contributed by atoms with Gasteiger partial charge in [0, 0.05) is 26.7 Å². The van der Waals surface area contributed by atoms with Crippen molar-refractivity contribution in [1.29, 1.82) is 0 Å². The van der Waals surface area contributed by atoms with E-state index in [1.165, 1.54) is 19.5 Å². The quantitative estimate of drug-likeness (QED) is 0.806. The van der Waals surface area contributed by atoms with E-state index in [0.29, 0.717) is 19.0 Å². The number of hydrogen-bond acceptors (Lipinski definition) is 6. The number of rotatable bonds is 4. The predicted molar refractivity (Wildman–Crippen MR) is 82.1 cm³/mol. The third-order valence-electron chi connectivity index (χ3n) is 4.37. The molecule has 0 radical (unpaired) electrons. The van der Waals surface area contributed by atoms with Crippen LogP contribution < -0.4 is 10.1 Å². The molecule has 2 saturated heterocycles. The van der Waals surface area contributed by atoms with Gasteiger partial charge in [-0.05, 0) is 12.8 Å². The van der Waals surface area contributed by atoms with Gasteiger partial charge in [-0.2, -0.15) is 0 Å². The minimum absolute atomic E-state index is 0.0375. The number of aromatic nitrogens is 2. The minimum Gasteiger partial charge on any atom is -0.480 e. The van der Waals surface area contributed by atoms with Crippen LogP contribution >= 0.6 is 0 Å². The number of likely N-dealkylation sites (tertiary alicyclic amines) is 2. The summed E-state index contributed by atoms with van der Waals surface area (Å²) in [6, 6.07) is -0.00551. The molecule has 0 saturated carbocycles. The lowest BCUT2D eigenvalue weighted by molar-refractivity contribution is -0.141. The lowest BCUT2D eigenvalue weighted by Crippen LogP contribution is -2.65. The van der Waals surface area contributed by atoms with E-state index in [9.17, 15) is 9.59 Å². The number of nitrogens with zero attached hydrogens (tertiary/aromatic N) is 4. The Morgan fingerprint density at radius 1 is 1.39 bits per heavy atom. The summed E-state index contributed by atoms with van der Waals surface area (Å²) in [5.41, 5.74) is 0.233.